The first-order valence-corrected chi connectivity index (χ1v) is 9.64. The van der Waals surface area contributed by atoms with Gasteiger partial charge in [-0.3, -0.25) is 4.79 Å². The number of alkyl halides is 3. The van der Waals surface area contributed by atoms with Crippen LogP contribution in [0.25, 0.3) is 10.2 Å². The molecule has 1 N–H and O–H groups in total. The highest BCUT2D eigenvalue weighted by atomic mass is 32.2. The van der Waals surface area contributed by atoms with Crippen molar-refractivity contribution in [3.05, 3.63) is 59.7 Å². The monoisotopic (exact) mass is 406 g/mol. The number of hydrogen-bond donors (Lipinski definition) is 1. The van der Waals surface area contributed by atoms with Gasteiger partial charge in [0.05, 0.1) is 28.1 Å². The zero-order valence-electron chi connectivity index (χ0n) is 13.8. The summed E-state index contributed by atoms with van der Waals surface area (Å²) in [6.07, 6.45) is -4.46. The van der Waals surface area contributed by atoms with Gasteiger partial charge in [-0.25, -0.2) is 4.98 Å². The molecule has 0 saturated heterocycles. The second kappa shape index (κ2) is 8.46. The molecular weight excluding hydrogens is 393 g/mol. The molecule has 0 unspecified atom stereocenters. The number of hydrogen-bond acceptors (Lipinski definition) is 4. The maximum atomic E-state index is 12.9. The number of aromatic nitrogens is 1. The van der Waals surface area contributed by atoms with Crippen molar-refractivity contribution in [3.63, 3.8) is 0 Å². The maximum Gasteiger partial charge on any atom is 0.417 e. The molecule has 0 aliphatic carbocycles. The minimum absolute atomic E-state index is 0.0224. The van der Waals surface area contributed by atoms with E-state index in [-0.39, 0.29) is 23.8 Å². The maximum absolute atomic E-state index is 12.9. The van der Waals surface area contributed by atoms with Crippen molar-refractivity contribution in [3.8, 4) is 11.8 Å². The predicted octanol–water partition coefficient (Wildman–Crippen LogP) is 4.58. The van der Waals surface area contributed by atoms with Crippen LogP contribution in [0.5, 0.6) is 0 Å². The van der Waals surface area contributed by atoms with Crippen molar-refractivity contribution in [2.75, 3.05) is 12.3 Å². The molecule has 3 nitrogen and oxygen atoms in total. The summed E-state index contributed by atoms with van der Waals surface area (Å²) in [5, 5.41) is 2.58. The van der Waals surface area contributed by atoms with E-state index < -0.39 is 11.7 Å². The van der Waals surface area contributed by atoms with Gasteiger partial charge < -0.3 is 5.32 Å². The second-order valence-electron chi connectivity index (χ2n) is 5.36. The summed E-state index contributed by atoms with van der Waals surface area (Å²) in [7, 11) is 0. The largest absolute Gasteiger partial charge is 0.417 e. The average molecular weight is 406 g/mol. The molecule has 8 heteroatoms. The number of para-hydroxylation sites is 1. The quantitative estimate of drug-likeness (QED) is 0.510. The lowest BCUT2D eigenvalue weighted by molar-refractivity contribution is -0.137. The van der Waals surface area contributed by atoms with Crippen LogP contribution in [0.3, 0.4) is 0 Å². The normalized spacial score (nSPS) is 11.1. The molecule has 0 bridgehead atoms. The molecule has 138 valence electrons. The standard InChI is InChI=1S/C19H13F3N2OS2/c20-19(21,22)14-8-2-1-6-13(14)7-5-11-23-17(25)12-26-18-24-15-9-3-4-10-16(15)27-18/h1-4,6,8-10H,11-12H2,(H,23,25). The highest BCUT2D eigenvalue weighted by Gasteiger charge is 2.32. The van der Waals surface area contributed by atoms with Crippen LogP contribution < -0.4 is 5.32 Å². The zero-order chi connectivity index (χ0) is 19.3. The molecule has 1 heterocycles. The van der Waals surface area contributed by atoms with Gasteiger partial charge in [0.1, 0.15) is 0 Å². The molecule has 3 aromatic rings. The molecule has 0 atom stereocenters. The van der Waals surface area contributed by atoms with E-state index in [4.69, 9.17) is 0 Å². The van der Waals surface area contributed by atoms with Crippen LogP contribution in [0.4, 0.5) is 13.2 Å². The molecule has 3 rings (SSSR count). The molecule has 0 spiro atoms. The van der Waals surface area contributed by atoms with E-state index in [1.807, 2.05) is 24.3 Å². The first-order chi connectivity index (χ1) is 12.9. The summed E-state index contributed by atoms with van der Waals surface area (Å²) in [6, 6.07) is 12.8. The molecule has 27 heavy (non-hydrogen) atoms. The van der Waals surface area contributed by atoms with Crippen LogP contribution in [0, 0.1) is 11.8 Å². The van der Waals surface area contributed by atoms with Crippen LogP contribution >= 0.6 is 23.1 Å². The van der Waals surface area contributed by atoms with E-state index in [0.717, 1.165) is 20.6 Å². The van der Waals surface area contributed by atoms with Gasteiger partial charge in [0.25, 0.3) is 0 Å². The van der Waals surface area contributed by atoms with E-state index >= 15 is 0 Å². The summed E-state index contributed by atoms with van der Waals surface area (Å²) in [5.41, 5.74) is -0.00192. The van der Waals surface area contributed by atoms with Crippen LogP contribution in [0.15, 0.2) is 52.9 Å². The highest BCUT2D eigenvalue weighted by molar-refractivity contribution is 8.01. The van der Waals surface area contributed by atoms with E-state index in [2.05, 4.69) is 22.1 Å². The molecule has 0 radical (unpaired) electrons. The lowest BCUT2D eigenvalue weighted by Gasteiger charge is -2.08. The summed E-state index contributed by atoms with van der Waals surface area (Å²) in [6.45, 7) is -0.0224. The van der Waals surface area contributed by atoms with Gasteiger partial charge in [0, 0.05) is 5.56 Å². The molecule has 0 saturated carbocycles. The fourth-order valence-corrected chi connectivity index (χ4v) is 4.11. The van der Waals surface area contributed by atoms with Crippen LogP contribution in [0.2, 0.25) is 0 Å². The smallest absolute Gasteiger partial charge is 0.344 e. The third-order valence-corrected chi connectivity index (χ3v) is 5.61. The minimum atomic E-state index is -4.46. The minimum Gasteiger partial charge on any atom is -0.344 e. The van der Waals surface area contributed by atoms with E-state index in [9.17, 15) is 18.0 Å². The zero-order valence-corrected chi connectivity index (χ0v) is 15.5. The van der Waals surface area contributed by atoms with Gasteiger partial charge >= 0.3 is 6.18 Å². The van der Waals surface area contributed by atoms with E-state index in [1.165, 1.54) is 41.3 Å². The second-order valence-corrected chi connectivity index (χ2v) is 7.61. The Morgan fingerprint density at radius 1 is 1.15 bits per heavy atom. The average Bonchev–Trinajstić information content (AvgIpc) is 3.06. The Hall–Kier alpha value is -2.50. The number of rotatable bonds is 4. The number of thiazole rings is 1. The van der Waals surface area contributed by atoms with Gasteiger partial charge in [-0.1, -0.05) is 47.9 Å². The third kappa shape index (κ3) is 5.25. The Morgan fingerprint density at radius 3 is 2.67 bits per heavy atom. The number of carbonyl (C=O) groups is 1. The topological polar surface area (TPSA) is 42.0 Å². The molecule has 1 amide bonds. The van der Waals surface area contributed by atoms with Gasteiger partial charge in [-0.05, 0) is 24.3 Å². The first kappa shape index (κ1) is 19.3. The number of benzene rings is 2. The highest BCUT2D eigenvalue weighted by Crippen LogP contribution is 2.31. The molecule has 1 aromatic heterocycles. The van der Waals surface area contributed by atoms with Crippen molar-refractivity contribution < 1.29 is 18.0 Å². The lowest BCUT2D eigenvalue weighted by atomic mass is 10.1. The Bertz CT molecular complexity index is 986. The number of fused-ring (bicyclic) bond motifs is 1. The number of thioether (sulfide) groups is 1. The van der Waals surface area contributed by atoms with E-state index in [1.54, 1.807) is 0 Å². The van der Waals surface area contributed by atoms with Crippen molar-refractivity contribution in [1.82, 2.24) is 10.3 Å². The summed E-state index contributed by atoms with van der Waals surface area (Å²) < 4.78 is 40.5. The Morgan fingerprint density at radius 2 is 1.89 bits per heavy atom. The molecule has 0 aliphatic heterocycles. The van der Waals surface area contributed by atoms with Gasteiger partial charge in [-0.2, -0.15) is 13.2 Å². The van der Waals surface area contributed by atoms with Crippen LogP contribution in [-0.4, -0.2) is 23.2 Å². The van der Waals surface area contributed by atoms with Gasteiger partial charge in [0.2, 0.25) is 5.91 Å². The molecule has 0 aliphatic rings. The Kier molecular flexibility index (Phi) is 6.04. The summed E-state index contributed by atoms with van der Waals surface area (Å²) in [5.74, 6) is 4.94. The molecular formula is C19H13F3N2OS2. The predicted molar refractivity (Wildman–Crippen MR) is 102 cm³/mol. The fourth-order valence-electron chi connectivity index (χ4n) is 2.21. The first-order valence-electron chi connectivity index (χ1n) is 7.83. The van der Waals surface area contributed by atoms with Crippen molar-refractivity contribution in [2.24, 2.45) is 0 Å². The van der Waals surface area contributed by atoms with Gasteiger partial charge in [-0.15, -0.1) is 11.3 Å². The van der Waals surface area contributed by atoms with Crippen molar-refractivity contribution in [2.45, 2.75) is 10.5 Å². The van der Waals surface area contributed by atoms with Crippen molar-refractivity contribution in [1.29, 1.82) is 0 Å². The Balaban J connectivity index is 1.51. The van der Waals surface area contributed by atoms with Crippen LogP contribution in [-0.2, 0) is 11.0 Å². The van der Waals surface area contributed by atoms with Crippen LogP contribution in [0.1, 0.15) is 11.1 Å². The lowest BCUT2D eigenvalue weighted by Crippen LogP contribution is -2.25. The summed E-state index contributed by atoms with van der Waals surface area (Å²) >= 11 is 2.82. The molecule has 0 fully saturated rings. The Labute approximate surface area is 162 Å². The third-order valence-electron chi connectivity index (χ3n) is 3.43. The molecule has 2 aromatic carbocycles. The number of nitrogens with one attached hydrogen (secondary N) is 1. The number of halogens is 3. The van der Waals surface area contributed by atoms with Crippen molar-refractivity contribution >= 4 is 39.2 Å². The fraction of sp³-hybridized carbons (Fsp3) is 0.158. The van der Waals surface area contributed by atoms with Gasteiger partial charge in [0.15, 0.2) is 4.34 Å². The number of nitrogens with zero attached hydrogens (tertiary/aromatic N) is 1. The summed E-state index contributed by atoms with van der Waals surface area (Å²) in [4.78, 5) is 16.3. The SMILES string of the molecule is O=C(CSc1nc2ccccc2s1)NCC#Cc1ccccc1C(F)(F)F. The number of carbonyl (C=O) groups excluding carboxylic acids is 1. The van der Waals surface area contributed by atoms with E-state index in [0.29, 0.717) is 0 Å². The number of amides is 1.